The molecular weight excluding hydrogens is 343 g/mol. The van der Waals surface area contributed by atoms with Gasteiger partial charge in [-0.1, -0.05) is 6.07 Å². The van der Waals surface area contributed by atoms with E-state index in [4.69, 9.17) is 5.73 Å². The molecule has 0 bridgehead atoms. The number of amides is 1. The number of carbonyl (C=O) groups excluding carboxylic acids is 1. The number of halogens is 1. The highest BCUT2D eigenvalue weighted by Crippen LogP contribution is 2.36. The Bertz CT molecular complexity index is 1020. The number of aryl methyl sites for hydroxylation is 1. The van der Waals surface area contributed by atoms with Crippen molar-refractivity contribution in [2.24, 2.45) is 5.73 Å². The van der Waals surface area contributed by atoms with E-state index in [1.54, 1.807) is 6.07 Å². The lowest BCUT2D eigenvalue weighted by Crippen LogP contribution is -2.13. The second-order valence-electron chi connectivity index (χ2n) is 4.76. The molecule has 0 saturated carbocycles. The highest BCUT2D eigenvalue weighted by molar-refractivity contribution is 7.94. The van der Waals surface area contributed by atoms with E-state index in [9.17, 15) is 17.6 Å². The number of nitrogens with two attached hydrogens (primary N) is 1. The van der Waals surface area contributed by atoms with Gasteiger partial charge in [-0.15, -0.1) is 11.3 Å². The first kappa shape index (κ1) is 15.4. The van der Waals surface area contributed by atoms with Gasteiger partial charge in [-0.25, -0.2) is 12.8 Å². The summed E-state index contributed by atoms with van der Waals surface area (Å²) >= 11 is 0.957. The van der Waals surface area contributed by atoms with Crippen LogP contribution in [-0.4, -0.2) is 24.5 Å². The fourth-order valence-corrected chi connectivity index (χ4v) is 4.94. The lowest BCUT2D eigenvalue weighted by molar-refractivity contribution is 0.0995. The molecule has 0 atom stereocenters. The van der Waals surface area contributed by atoms with Gasteiger partial charge in [-0.3, -0.25) is 14.6 Å². The fourth-order valence-electron chi connectivity index (χ4n) is 2.17. The zero-order valence-electron chi connectivity index (χ0n) is 11.8. The molecule has 0 radical (unpaired) electrons. The highest BCUT2D eigenvalue weighted by atomic mass is 32.2. The molecule has 120 valence electrons. The number of thiophene rings is 1. The molecule has 1 amide bonds. The van der Waals surface area contributed by atoms with Crippen molar-refractivity contribution in [2.75, 3.05) is 4.72 Å². The van der Waals surface area contributed by atoms with E-state index in [0.717, 1.165) is 11.3 Å². The first-order valence-corrected chi connectivity index (χ1v) is 8.65. The summed E-state index contributed by atoms with van der Waals surface area (Å²) in [5, 5.41) is 6.26. The van der Waals surface area contributed by atoms with E-state index >= 15 is 0 Å². The zero-order valence-corrected chi connectivity index (χ0v) is 13.4. The van der Waals surface area contributed by atoms with Crippen LogP contribution in [0.1, 0.15) is 16.1 Å². The number of fused-ring (bicyclic) bond motifs is 1. The first-order valence-electron chi connectivity index (χ1n) is 6.35. The molecule has 7 nitrogen and oxygen atoms in total. The van der Waals surface area contributed by atoms with Crippen LogP contribution < -0.4 is 10.5 Å². The molecule has 3 aromatic rings. The van der Waals surface area contributed by atoms with Crippen LogP contribution >= 0.6 is 11.3 Å². The number of rotatable bonds is 4. The molecule has 0 aliphatic heterocycles. The second-order valence-corrected chi connectivity index (χ2v) is 7.69. The highest BCUT2D eigenvalue weighted by Gasteiger charge is 2.24. The number of nitrogens with zero attached hydrogens (tertiary/aromatic N) is 1. The van der Waals surface area contributed by atoms with Crippen molar-refractivity contribution in [3.05, 3.63) is 41.3 Å². The minimum absolute atomic E-state index is 0.0128. The van der Waals surface area contributed by atoms with Gasteiger partial charge >= 0.3 is 0 Å². The lowest BCUT2D eigenvalue weighted by atomic mass is 10.2. The third-order valence-corrected chi connectivity index (χ3v) is 6.42. The van der Waals surface area contributed by atoms with E-state index in [0.29, 0.717) is 10.3 Å². The summed E-state index contributed by atoms with van der Waals surface area (Å²) in [6.07, 6.45) is 0. The lowest BCUT2D eigenvalue weighted by Gasteiger charge is -2.03. The van der Waals surface area contributed by atoms with E-state index in [-0.39, 0.29) is 21.1 Å². The van der Waals surface area contributed by atoms with Gasteiger partial charge in [0.2, 0.25) is 0 Å². The second kappa shape index (κ2) is 5.32. The smallest absolute Gasteiger partial charge is 0.272 e. The molecular formula is C13H11FN4O3S2. The van der Waals surface area contributed by atoms with Gasteiger partial charge in [0.25, 0.3) is 15.9 Å². The van der Waals surface area contributed by atoms with Crippen molar-refractivity contribution in [1.29, 1.82) is 0 Å². The van der Waals surface area contributed by atoms with Crippen LogP contribution in [0.15, 0.2) is 28.5 Å². The minimum Gasteiger partial charge on any atom is -0.364 e. The summed E-state index contributed by atoms with van der Waals surface area (Å²) < 4.78 is 41.6. The number of hydrogen-bond acceptors (Lipinski definition) is 5. The SMILES string of the molecule is Cc1c(S(=O)(=O)Nc2cc(C(N)=O)[nH]n2)sc2cccc(F)c12. The minimum atomic E-state index is -3.97. The Hall–Kier alpha value is -2.46. The average Bonchev–Trinajstić information content (AvgIpc) is 3.04. The van der Waals surface area contributed by atoms with Gasteiger partial charge in [0.1, 0.15) is 15.7 Å². The van der Waals surface area contributed by atoms with E-state index in [1.165, 1.54) is 25.1 Å². The molecule has 0 saturated heterocycles. The van der Waals surface area contributed by atoms with Gasteiger partial charge in [-0.2, -0.15) is 5.10 Å². The number of aromatic amines is 1. The number of carbonyl (C=O) groups is 1. The summed E-state index contributed by atoms with van der Waals surface area (Å²) in [5.41, 5.74) is 5.36. The third kappa shape index (κ3) is 2.66. The van der Waals surface area contributed by atoms with Crippen LogP contribution in [0.5, 0.6) is 0 Å². The summed E-state index contributed by atoms with van der Waals surface area (Å²) in [6.45, 7) is 1.54. The monoisotopic (exact) mass is 354 g/mol. The fraction of sp³-hybridized carbons (Fsp3) is 0.0769. The zero-order chi connectivity index (χ0) is 16.8. The van der Waals surface area contributed by atoms with Gasteiger partial charge in [0, 0.05) is 16.2 Å². The molecule has 2 heterocycles. The molecule has 10 heteroatoms. The summed E-state index contributed by atoms with van der Waals surface area (Å²) in [7, 11) is -3.97. The Kier molecular flexibility index (Phi) is 3.57. The molecule has 23 heavy (non-hydrogen) atoms. The normalized spacial score (nSPS) is 11.7. The topological polar surface area (TPSA) is 118 Å². The quantitative estimate of drug-likeness (QED) is 0.664. The Labute approximate surface area is 134 Å². The number of primary amides is 1. The molecule has 1 aromatic carbocycles. The van der Waals surface area contributed by atoms with Crippen molar-refractivity contribution < 1.29 is 17.6 Å². The molecule has 2 aromatic heterocycles. The van der Waals surface area contributed by atoms with Crippen molar-refractivity contribution in [3.63, 3.8) is 0 Å². The largest absolute Gasteiger partial charge is 0.364 e. The van der Waals surface area contributed by atoms with Crippen LogP contribution in [-0.2, 0) is 10.0 Å². The molecule has 0 fully saturated rings. The van der Waals surface area contributed by atoms with Crippen molar-refractivity contribution in [1.82, 2.24) is 10.2 Å². The molecule has 4 N–H and O–H groups in total. The number of sulfonamides is 1. The standard InChI is InChI=1S/C13H11FN4O3S2/c1-6-11-7(14)3-2-4-9(11)22-13(6)23(20,21)18-10-5-8(12(15)19)16-17-10/h2-5H,1H3,(H2,15,19)(H2,16,17,18). The third-order valence-electron chi connectivity index (χ3n) is 3.19. The van der Waals surface area contributed by atoms with Crippen LogP contribution in [0.4, 0.5) is 10.2 Å². The summed E-state index contributed by atoms with van der Waals surface area (Å²) in [5.74, 6) is -1.31. The maximum absolute atomic E-state index is 13.9. The van der Waals surface area contributed by atoms with Gasteiger partial charge in [0.05, 0.1) is 0 Å². The number of hydrogen-bond donors (Lipinski definition) is 3. The number of H-pyrrole nitrogens is 1. The van der Waals surface area contributed by atoms with Crippen LogP contribution in [0.2, 0.25) is 0 Å². The van der Waals surface area contributed by atoms with Gasteiger partial charge in [-0.05, 0) is 24.6 Å². The Balaban J connectivity index is 2.04. The Morgan fingerprint density at radius 3 is 2.78 bits per heavy atom. The molecule has 0 spiro atoms. The molecule has 0 unspecified atom stereocenters. The van der Waals surface area contributed by atoms with Gasteiger partial charge < -0.3 is 5.73 Å². The molecule has 0 aliphatic carbocycles. The maximum atomic E-state index is 13.9. The number of benzene rings is 1. The number of aromatic nitrogens is 2. The van der Waals surface area contributed by atoms with E-state index in [2.05, 4.69) is 14.9 Å². The van der Waals surface area contributed by atoms with Crippen molar-refractivity contribution in [3.8, 4) is 0 Å². The maximum Gasteiger partial charge on any atom is 0.272 e. The summed E-state index contributed by atoms with van der Waals surface area (Å²) in [4.78, 5) is 11.0. The first-order chi connectivity index (χ1) is 10.8. The Morgan fingerprint density at radius 1 is 1.43 bits per heavy atom. The van der Waals surface area contributed by atoms with Crippen molar-refractivity contribution >= 4 is 43.2 Å². The van der Waals surface area contributed by atoms with E-state index in [1.807, 2.05) is 0 Å². The average molecular weight is 354 g/mol. The van der Waals surface area contributed by atoms with Crippen molar-refractivity contribution in [2.45, 2.75) is 11.1 Å². The molecule has 0 aliphatic rings. The van der Waals surface area contributed by atoms with Crippen LogP contribution in [0.25, 0.3) is 10.1 Å². The number of nitrogens with one attached hydrogen (secondary N) is 2. The number of anilines is 1. The van der Waals surface area contributed by atoms with Gasteiger partial charge in [0.15, 0.2) is 5.82 Å². The Morgan fingerprint density at radius 2 is 2.17 bits per heavy atom. The predicted molar refractivity (Wildman–Crippen MR) is 84.4 cm³/mol. The molecule has 3 rings (SSSR count). The van der Waals surface area contributed by atoms with Crippen LogP contribution in [0, 0.1) is 12.7 Å². The predicted octanol–water partition coefficient (Wildman–Crippen LogP) is 1.97. The van der Waals surface area contributed by atoms with E-state index < -0.39 is 21.7 Å². The summed E-state index contributed by atoms with van der Waals surface area (Å²) in [6, 6.07) is 5.63. The van der Waals surface area contributed by atoms with Crippen LogP contribution in [0.3, 0.4) is 0 Å².